The van der Waals surface area contributed by atoms with Crippen LogP contribution in [0.1, 0.15) is 18.1 Å². The third kappa shape index (κ3) is 1.92. The average molecular weight is 247 g/mol. The van der Waals surface area contributed by atoms with Gasteiger partial charge in [0.1, 0.15) is 5.69 Å². The molecule has 2 aromatic rings. The first-order chi connectivity index (χ1) is 8.54. The van der Waals surface area contributed by atoms with Crippen LogP contribution in [0.2, 0.25) is 0 Å². The fourth-order valence-electron chi connectivity index (χ4n) is 1.84. The summed E-state index contributed by atoms with van der Waals surface area (Å²) >= 11 is 0. The molecule has 2 N–H and O–H groups in total. The lowest BCUT2D eigenvalue weighted by Crippen LogP contribution is -1.94. The summed E-state index contributed by atoms with van der Waals surface area (Å²) < 4.78 is 4.93. The normalized spacial score (nSPS) is 10.6. The molecule has 0 spiro atoms. The van der Waals surface area contributed by atoms with Gasteiger partial charge in [0.05, 0.1) is 4.92 Å². The Labute approximate surface area is 104 Å². The second-order valence-electron chi connectivity index (χ2n) is 3.99. The molecule has 0 atom stereocenters. The highest BCUT2D eigenvalue weighted by atomic mass is 16.6. The highest BCUT2D eigenvalue weighted by Crippen LogP contribution is 2.31. The van der Waals surface area contributed by atoms with Gasteiger partial charge in [0.15, 0.2) is 0 Å². The van der Waals surface area contributed by atoms with E-state index in [0.29, 0.717) is 23.2 Å². The molecule has 0 saturated carbocycles. The minimum atomic E-state index is -0.409. The Morgan fingerprint density at radius 2 is 2.22 bits per heavy atom. The molecule has 1 aromatic carbocycles. The summed E-state index contributed by atoms with van der Waals surface area (Å²) in [4.78, 5) is 10.5. The lowest BCUT2D eigenvalue weighted by molar-refractivity contribution is -0.385. The molecule has 0 fully saturated rings. The highest BCUT2D eigenvalue weighted by Gasteiger charge is 2.17. The minimum Gasteiger partial charge on any atom is -0.367 e. The first-order valence-corrected chi connectivity index (χ1v) is 5.54. The summed E-state index contributed by atoms with van der Waals surface area (Å²) in [6.45, 7) is 3.62. The zero-order chi connectivity index (χ0) is 13.3. The molecule has 6 nitrogen and oxygen atoms in total. The van der Waals surface area contributed by atoms with Gasteiger partial charge < -0.3 is 10.3 Å². The number of nitrogens with zero attached hydrogens (tertiary/aromatic N) is 2. The molecule has 0 bridgehead atoms. The second-order valence-corrected chi connectivity index (χ2v) is 3.99. The number of aromatic nitrogens is 1. The maximum atomic E-state index is 10.9. The van der Waals surface area contributed by atoms with Crippen LogP contribution in [0.25, 0.3) is 11.3 Å². The van der Waals surface area contributed by atoms with E-state index in [0.717, 1.165) is 5.56 Å². The molecule has 1 heterocycles. The largest absolute Gasteiger partial charge is 0.367 e. The van der Waals surface area contributed by atoms with E-state index in [1.807, 2.05) is 6.92 Å². The second kappa shape index (κ2) is 4.48. The summed E-state index contributed by atoms with van der Waals surface area (Å²) in [7, 11) is 0. The molecule has 0 unspecified atom stereocenters. The zero-order valence-electron chi connectivity index (χ0n) is 10.1. The Balaban J connectivity index is 2.57. The molecule has 94 valence electrons. The van der Waals surface area contributed by atoms with Gasteiger partial charge in [-0.2, -0.15) is 0 Å². The van der Waals surface area contributed by atoms with Gasteiger partial charge in [-0.25, -0.2) is 0 Å². The van der Waals surface area contributed by atoms with Crippen molar-refractivity contribution in [2.24, 2.45) is 0 Å². The number of nitrogen functional groups attached to an aromatic ring is 1. The van der Waals surface area contributed by atoms with E-state index in [-0.39, 0.29) is 11.6 Å². The van der Waals surface area contributed by atoms with Crippen molar-refractivity contribution < 1.29 is 9.45 Å². The molecule has 0 amide bonds. The predicted octanol–water partition coefficient (Wildman–Crippen LogP) is 2.70. The van der Waals surface area contributed by atoms with Crippen LogP contribution >= 0.6 is 0 Å². The lowest BCUT2D eigenvalue weighted by Gasteiger charge is -2.01. The van der Waals surface area contributed by atoms with Crippen molar-refractivity contribution >= 4 is 11.6 Å². The minimum absolute atomic E-state index is 0.0659. The summed E-state index contributed by atoms with van der Waals surface area (Å²) in [5, 5.41) is 14.8. The number of hydrogen-bond donors (Lipinski definition) is 1. The van der Waals surface area contributed by atoms with E-state index < -0.39 is 4.92 Å². The Morgan fingerprint density at radius 3 is 2.83 bits per heavy atom. The molecule has 18 heavy (non-hydrogen) atoms. The fourth-order valence-corrected chi connectivity index (χ4v) is 1.84. The Morgan fingerprint density at radius 1 is 1.50 bits per heavy atom. The number of hydrogen-bond acceptors (Lipinski definition) is 5. The van der Waals surface area contributed by atoms with E-state index in [9.17, 15) is 10.1 Å². The number of aryl methyl sites for hydroxylation is 1. The summed E-state index contributed by atoms with van der Waals surface area (Å²) in [6.07, 6.45) is 0.659. The molecule has 0 aliphatic heterocycles. The Hall–Kier alpha value is -2.37. The first kappa shape index (κ1) is 12.1. The highest BCUT2D eigenvalue weighted by molar-refractivity contribution is 5.69. The zero-order valence-corrected chi connectivity index (χ0v) is 10.1. The van der Waals surface area contributed by atoms with Gasteiger partial charge in [-0.3, -0.25) is 10.1 Å². The van der Waals surface area contributed by atoms with Crippen LogP contribution in [0.15, 0.2) is 22.7 Å². The first-order valence-electron chi connectivity index (χ1n) is 5.54. The molecule has 6 heteroatoms. The molecular formula is C12H13N3O3. The molecule has 1 aromatic heterocycles. The Kier molecular flexibility index (Phi) is 3.01. The Bertz CT molecular complexity index is 605. The van der Waals surface area contributed by atoms with Crippen LogP contribution in [0.3, 0.4) is 0 Å². The number of nitro benzene ring substituents is 1. The van der Waals surface area contributed by atoms with Gasteiger partial charge in [0.25, 0.3) is 5.69 Å². The van der Waals surface area contributed by atoms with Crippen molar-refractivity contribution in [3.8, 4) is 11.3 Å². The van der Waals surface area contributed by atoms with E-state index >= 15 is 0 Å². The van der Waals surface area contributed by atoms with Crippen molar-refractivity contribution in [2.75, 3.05) is 5.73 Å². The van der Waals surface area contributed by atoms with Crippen LogP contribution in [0.4, 0.5) is 11.6 Å². The van der Waals surface area contributed by atoms with Crippen LogP contribution in [-0.2, 0) is 6.42 Å². The van der Waals surface area contributed by atoms with Crippen LogP contribution in [0.5, 0.6) is 0 Å². The third-order valence-electron chi connectivity index (χ3n) is 2.85. The van der Waals surface area contributed by atoms with E-state index in [4.69, 9.17) is 10.3 Å². The number of anilines is 1. The smallest absolute Gasteiger partial charge is 0.272 e. The topological polar surface area (TPSA) is 95.2 Å². The van der Waals surface area contributed by atoms with Crippen LogP contribution in [0, 0.1) is 17.0 Å². The van der Waals surface area contributed by atoms with Gasteiger partial charge in [-0.15, -0.1) is 0 Å². The molecule has 2 rings (SSSR count). The number of nitrogens with two attached hydrogens (primary N) is 1. The lowest BCUT2D eigenvalue weighted by atomic mass is 10.0. The van der Waals surface area contributed by atoms with Gasteiger partial charge in [-0.05, 0) is 13.3 Å². The van der Waals surface area contributed by atoms with Gasteiger partial charge in [0.2, 0.25) is 5.88 Å². The van der Waals surface area contributed by atoms with Crippen molar-refractivity contribution in [3.63, 3.8) is 0 Å². The average Bonchev–Trinajstić information content (AvgIpc) is 2.70. The van der Waals surface area contributed by atoms with E-state index in [1.54, 1.807) is 19.1 Å². The monoisotopic (exact) mass is 247 g/mol. The summed E-state index contributed by atoms with van der Waals surface area (Å²) in [6, 6.07) is 4.96. The maximum absolute atomic E-state index is 10.9. The van der Waals surface area contributed by atoms with Crippen LogP contribution < -0.4 is 5.73 Å². The fraction of sp³-hybridized carbons (Fsp3) is 0.250. The standard InChI is InChI=1S/C12H13N3O3/c1-3-9-11(14-18-12(9)13)8-5-4-7(2)10(6-8)15(16)17/h4-6H,3,13H2,1-2H3. The molecular weight excluding hydrogens is 234 g/mol. The van der Waals surface area contributed by atoms with E-state index in [2.05, 4.69) is 5.16 Å². The van der Waals surface area contributed by atoms with E-state index in [1.165, 1.54) is 6.07 Å². The number of rotatable bonds is 3. The molecule has 0 saturated heterocycles. The van der Waals surface area contributed by atoms with Gasteiger partial charge in [-0.1, -0.05) is 24.2 Å². The van der Waals surface area contributed by atoms with Gasteiger partial charge >= 0.3 is 0 Å². The van der Waals surface area contributed by atoms with Crippen molar-refractivity contribution in [3.05, 3.63) is 39.4 Å². The van der Waals surface area contributed by atoms with Crippen molar-refractivity contribution in [2.45, 2.75) is 20.3 Å². The summed E-state index contributed by atoms with van der Waals surface area (Å²) in [5.74, 6) is 0.260. The SMILES string of the molecule is CCc1c(-c2ccc(C)c([N+](=O)[O-])c2)noc1N. The van der Waals surface area contributed by atoms with Crippen molar-refractivity contribution in [1.82, 2.24) is 5.16 Å². The van der Waals surface area contributed by atoms with Crippen molar-refractivity contribution in [1.29, 1.82) is 0 Å². The number of nitro groups is 1. The third-order valence-corrected chi connectivity index (χ3v) is 2.85. The molecule has 0 aliphatic carbocycles. The maximum Gasteiger partial charge on any atom is 0.272 e. The summed E-state index contributed by atoms with van der Waals surface area (Å²) in [5.41, 5.74) is 8.31. The quantitative estimate of drug-likeness (QED) is 0.664. The predicted molar refractivity (Wildman–Crippen MR) is 67.1 cm³/mol. The van der Waals surface area contributed by atoms with Crippen LogP contribution in [-0.4, -0.2) is 10.1 Å². The number of benzene rings is 1. The molecule has 0 aliphatic rings. The molecule has 0 radical (unpaired) electrons. The van der Waals surface area contributed by atoms with Gasteiger partial charge in [0, 0.05) is 22.8 Å².